The first-order valence-corrected chi connectivity index (χ1v) is 8.32. The van der Waals surface area contributed by atoms with Gasteiger partial charge in [0.1, 0.15) is 5.75 Å². The van der Waals surface area contributed by atoms with Gasteiger partial charge in [-0.15, -0.1) is 5.10 Å². The second-order valence-electron chi connectivity index (χ2n) is 5.88. The van der Waals surface area contributed by atoms with Crippen LogP contribution in [0, 0.1) is 0 Å². The van der Waals surface area contributed by atoms with E-state index in [2.05, 4.69) is 31.5 Å². The van der Waals surface area contributed by atoms with Crippen LogP contribution in [0.25, 0.3) is 11.4 Å². The first-order valence-electron chi connectivity index (χ1n) is 8.32. The Bertz CT molecular complexity index is 1020. The number of aromatic nitrogens is 4. The Morgan fingerprint density at radius 1 is 1.04 bits per heavy atom. The number of urea groups is 1. The number of tetrazole rings is 1. The molecule has 0 aliphatic heterocycles. The van der Waals surface area contributed by atoms with Crippen LogP contribution >= 0.6 is 0 Å². The minimum Gasteiger partial charge on any atom is -0.494 e. The minimum absolute atomic E-state index is 0.213. The summed E-state index contributed by atoms with van der Waals surface area (Å²) in [4.78, 5) is 23.6. The number of carbonyl (C=O) groups excluding carboxylic acids is 2. The molecule has 0 radical (unpaired) electrons. The zero-order valence-corrected chi connectivity index (χ0v) is 15.6. The standard InChI is InChI=1S/C18H19N7O3/c1-11(26)19-15-8-7-14(10-16(15)28-3)21-18(27)20-13-6-4-5-12(9-13)17-22-23-24-25(17)2/h4-10H,1-3H3,(H,19,26)(H2,20,21,27). The maximum atomic E-state index is 12.3. The van der Waals surface area contributed by atoms with Crippen molar-refractivity contribution >= 4 is 29.0 Å². The monoisotopic (exact) mass is 381 g/mol. The van der Waals surface area contributed by atoms with E-state index >= 15 is 0 Å². The summed E-state index contributed by atoms with van der Waals surface area (Å²) >= 11 is 0. The van der Waals surface area contributed by atoms with Crippen molar-refractivity contribution in [1.29, 1.82) is 0 Å². The lowest BCUT2D eigenvalue weighted by Crippen LogP contribution is -2.19. The minimum atomic E-state index is -0.428. The van der Waals surface area contributed by atoms with E-state index < -0.39 is 6.03 Å². The van der Waals surface area contributed by atoms with Crippen molar-refractivity contribution in [3.05, 3.63) is 42.5 Å². The van der Waals surface area contributed by atoms with E-state index in [1.165, 1.54) is 14.0 Å². The molecule has 2 aromatic carbocycles. The summed E-state index contributed by atoms with van der Waals surface area (Å²) in [7, 11) is 3.22. The van der Waals surface area contributed by atoms with E-state index in [1.807, 2.05) is 6.07 Å². The summed E-state index contributed by atoms with van der Waals surface area (Å²) < 4.78 is 6.79. The number of benzene rings is 2. The van der Waals surface area contributed by atoms with Crippen LogP contribution in [0.1, 0.15) is 6.92 Å². The van der Waals surface area contributed by atoms with Crippen LogP contribution in [0.3, 0.4) is 0 Å². The number of hydrogen-bond acceptors (Lipinski definition) is 6. The van der Waals surface area contributed by atoms with Crippen molar-refractivity contribution in [2.45, 2.75) is 6.92 Å². The van der Waals surface area contributed by atoms with Gasteiger partial charge in [0.2, 0.25) is 5.91 Å². The van der Waals surface area contributed by atoms with Gasteiger partial charge in [-0.05, 0) is 34.7 Å². The molecule has 0 saturated heterocycles. The molecule has 3 N–H and O–H groups in total. The predicted octanol–water partition coefficient (Wildman–Crippen LogP) is 2.49. The molecule has 3 aromatic rings. The van der Waals surface area contributed by atoms with Gasteiger partial charge >= 0.3 is 6.03 Å². The maximum Gasteiger partial charge on any atom is 0.323 e. The summed E-state index contributed by atoms with van der Waals surface area (Å²) in [5.41, 5.74) is 2.38. The largest absolute Gasteiger partial charge is 0.494 e. The Hall–Kier alpha value is -3.95. The van der Waals surface area contributed by atoms with Crippen LogP contribution in [-0.4, -0.2) is 39.3 Å². The number of amides is 3. The normalized spacial score (nSPS) is 10.2. The number of anilines is 3. The highest BCUT2D eigenvalue weighted by Crippen LogP contribution is 2.28. The molecule has 28 heavy (non-hydrogen) atoms. The fourth-order valence-electron chi connectivity index (χ4n) is 2.57. The average molecular weight is 381 g/mol. The summed E-state index contributed by atoms with van der Waals surface area (Å²) in [6, 6.07) is 11.7. The highest BCUT2D eigenvalue weighted by molar-refractivity contribution is 6.00. The first-order chi connectivity index (χ1) is 13.5. The van der Waals surface area contributed by atoms with Gasteiger partial charge in [-0.25, -0.2) is 9.48 Å². The van der Waals surface area contributed by atoms with E-state index in [0.29, 0.717) is 28.6 Å². The molecule has 3 amide bonds. The lowest BCUT2D eigenvalue weighted by Gasteiger charge is -2.12. The molecule has 144 valence electrons. The molecule has 0 fully saturated rings. The molecule has 1 aromatic heterocycles. The second kappa shape index (κ2) is 8.16. The second-order valence-corrected chi connectivity index (χ2v) is 5.88. The summed E-state index contributed by atoms with van der Waals surface area (Å²) in [5, 5.41) is 19.5. The average Bonchev–Trinajstić information content (AvgIpc) is 3.08. The zero-order chi connectivity index (χ0) is 20.1. The third-order valence-corrected chi connectivity index (χ3v) is 3.77. The van der Waals surface area contributed by atoms with Crippen LogP contribution in [-0.2, 0) is 11.8 Å². The Balaban J connectivity index is 1.71. The Morgan fingerprint density at radius 2 is 1.79 bits per heavy atom. The van der Waals surface area contributed by atoms with Gasteiger partial charge in [0.15, 0.2) is 5.82 Å². The topological polar surface area (TPSA) is 123 Å². The Kier molecular flexibility index (Phi) is 5.49. The van der Waals surface area contributed by atoms with Gasteiger partial charge in [0.05, 0.1) is 12.8 Å². The fraction of sp³-hybridized carbons (Fsp3) is 0.167. The van der Waals surface area contributed by atoms with Crippen molar-refractivity contribution in [2.24, 2.45) is 7.05 Å². The number of carbonyl (C=O) groups is 2. The number of rotatable bonds is 5. The van der Waals surface area contributed by atoms with E-state index in [0.717, 1.165) is 5.56 Å². The van der Waals surface area contributed by atoms with Crippen molar-refractivity contribution in [2.75, 3.05) is 23.1 Å². The highest BCUT2D eigenvalue weighted by atomic mass is 16.5. The van der Waals surface area contributed by atoms with E-state index in [9.17, 15) is 9.59 Å². The maximum absolute atomic E-state index is 12.3. The van der Waals surface area contributed by atoms with Gasteiger partial charge in [-0.3, -0.25) is 4.79 Å². The van der Waals surface area contributed by atoms with Gasteiger partial charge in [-0.2, -0.15) is 0 Å². The number of nitrogens with one attached hydrogen (secondary N) is 3. The molecule has 0 aliphatic carbocycles. The lowest BCUT2D eigenvalue weighted by molar-refractivity contribution is -0.114. The molecular formula is C18H19N7O3. The smallest absolute Gasteiger partial charge is 0.323 e. The number of aryl methyl sites for hydroxylation is 1. The highest BCUT2D eigenvalue weighted by Gasteiger charge is 2.10. The number of ether oxygens (including phenoxy) is 1. The number of methoxy groups -OCH3 is 1. The predicted molar refractivity (Wildman–Crippen MR) is 104 cm³/mol. The first kappa shape index (κ1) is 18.8. The SMILES string of the molecule is COc1cc(NC(=O)Nc2cccc(-c3nnnn3C)c2)ccc1NC(C)=O. The van der Waals surface area contributed by atoms with Crippen molar-refractivity contribution in [3.63, 3.8) is 0 Å². The molecule has 0 aliphatic rings. The molecule has 10 heteroatoms. The molecule has 3 rings (SSSR count). The third-order valence-electron chi connectivity index (χ3n) is 3.77. The molecule has 0 unspecified atom stereocenters. The molecule has 0 spiro atoms. The third kappa shape index (κ3) is 4.41. The van der Waals surface area contributed by atoms with E-state index in [1.54, 1.807) is 48.1 Å². The zero-order valence-electron chi connectivity index (χ0n) is 15.6. The molecule has 1 heterocycles. The quantitative estimate of drug-likeness (QED) is 0.624. The summed E-state index contributed by atoms with van der Waals surface area (Å²) in [6.45, 7) is 1.41. The fourth-order valence-corrected chi connectivity index (χ4v) is 2.57. The molecule has 10 nitrogen and oxygen atoms in total. The van der Waals surface area contributed by atoms with E-state index in [-0.39, 0.29) is 5.91 Å². The summed E-state index contributed by atoms with van der Waals surface area (Å²) in [6.07, 6.45) is 0. The molecule has 0 bridgehead atoms. The summed E-state index contributed by atoms with van der Waals surface area (Å²) in [5.74, 6) is 0.807. The van der Waals surface area contributed by atoms with Gasteiger partial charge < -0.3 is 20.7 Å². The van der Waals surface area contributed by atoms with Gasteiger partial charge in [0.25, 0.3) is 0 Å². The number of nitrogens with zero attached hydrogens (tertiary/aromatic N) is 4. The molecule has 0 saturated carbocycles. The van der Waals surface area contributed by atoms with Crippen LogP contribution in [0.2, 0.25) is 0 Å². The lowest BCUT2D eigenvalue weighted by atomic mass is 10.2. The molecule has 0 atom stereocenters. The Morgan fingerprint density at radius 3 is 2.43 bits per heavy atom. The van der Waals surface area contributed by atoms with Gasteiger partial charge in [0, 0.05) is 37.0 Å². The van der Waals surface area contributed by atoms with E-state index in [4.69, 9.17) is 4.74 Å². The van der Waals surface area contributed by atoms with Crippen molar-refractivity contribution in [3.8, 4) is 17.1 Å². The van der Waals surface area contributed by atoms with Crippen molar-refractivity contribution in [1.82, 2.24) is 20.2 Å². The Labute approximate surface area is 160 Å². The van der Waals surface area contributed by atoms with Crippen LogP contribution in [0.5, 0.6) is 5.75 Å². The molecular weight excluding hydrogens is 362 g/mol. The van der Waals surface area contributed by atoms with Gasteiger partial charge in [-0.1, -0.05) is 12.1 Å². The number of hydrogen-bond donors (Lipinski definition) is 3. The van der Waals surface area contributed by atoms with Crippen LogP contribution in [0.15, 0.2) is 42.5 Å². The van der Waals surface area contributed by atoms with Crippen LogP contribution < -0.4 is 20.7 Å². The van der Waals surface area contributed by atoms with Crippen LogP contribution in [0.4, 0.5) is 21.9 Å². The van der Waals surface area contributed by atoms with Crippen molar-refractivity contribution < 1.29 is 14.3 Å².